The standard InChI is InChI=1S/C18H18N2O4/c1-12-3-5-14(6-4-12)18(23)24-11-16(21)20-15-9-7-13(8-10-15)17(22)19-2/h3-10H,11H2,1-2H3,(H,19,22)(H,20,21). The topological polar surface area (TPSA) is 84.5 Å². The molecule has 0 aromatic heterocycles. The van der Waals surface area contributed by atoms with Gasteiger partial charge in [0.05, 0.1) is 5.56 Å². The van der Waals surface area contributed by atoms with Gasteiger partial charge in [-0.15, -0.1) is 0 Å². The van der Waals surface area contributed by atoms with Crippen molar-refractivity contribution in [2.45, 2.75) is 6.92 Å². The van der Waals surface area contributed by atoms with Gasteiger partial charge in [0.2, 0.25) is 0 Å². The minimum absolute atomic E-state index is 0.208. The first-order chi connectivity index (χ1) is 11.5. The molecule has 2 N–H and O–H groups in total. The molecule has 2 aromatic rings. The van der Waals surface area contributed by atoms with Gasteiger partial charge in [-0.1, -0.05) is 17.7 Å². The number of rotatable bonds is 5. The minimum Gasteiger partial charge on any atom is -0.452 e. The minimum atomic E-state index is -0.555. The molecule has 0 fully saturated rings. The van der Waals surface area contributed by atoms with Crippen LogP contribution in [0.1, 0.15) is 26.3 Å². The molecule has 0 heterocycles. The van der Waals surface area contributed by atoms with Crippen LogP contribution in [0.2, 0.25) is 0 Å². The Hall–Kier alpha value is -3.15. The number of ether oxygens (including phenoxy) is 1. The maximum absolute atomic E-state index is 11.8. The fourth-order valence-corrected chi connectivity index (χ4v) is 1.95. The number of hydrogen-bond donors (Lipinski definition) is 2. The summed E-state index contributed by atoms with van der Waals surface area (Å²) in [4.78, 5) is 35.1. The van der Waals surface area contributed by atoms with Crippen molar-refractivity contribution in [3.05, 3.63) is 65.2 Å². The molecule has 6 heteroatoms. The van der Waals surface area contributed by atoms with Crippen molar-refractivity contribution in [1.29, 1.82) is 0 Å². The van der Waals surface area contributed by atoms with E-state index < -0.39 is 11.9 Å². The number of nitrogens with one attached hydrogen (secondary N) is 2. The summed E-state index contributed by atoms with van der Waals surface area (Å²) >= 11 is 0. The Kier molecular flexibility index (Phi) is 5.68. The van der Waals surface area contributed by atoms with Crippen LogP contribution in [0, 0.1) is 6.92 Å². The molecule has 0 radical (unpaired) electrons. The lowest BCUT2D eigenvalue weighted by atomic mass is 10.1. The molecule has 2 amide bonds. The largest absolute Gasteiger partial charge is 0.452 e. The molecule has 0 bridgehead atoms. The average molecular weight is 326 g/mol. The summed E-state index contributed by atoms with van der Waals surface area (Å²) in [5, 5.41) is 5.10. The van der Waals surface area contributed by atoms with Crippen molar-refractivity contribution in [2.24, 2.45) is 0 Å². The molecule has 0 aliphatic heterocycles. The Bertz CT molecular complexity index is 737. The second-order valence-corrected chi connectivity index (χ2v) is 5.15. The van der Waals surface area contributed by atoms with Crippen LogP contribution in [0.4, 0.5) is 5.69 Å². The molecule has 24 heavy (non-hydrogen) atoms. The number of aryl methyl sites for hydroxylation is 1. The highest BCUT2D eigenvalue weighted by Gasteiger charge is 2.10. The third-order valence-corrected chi connectivity index (χ3v) is 3.28. The normalized spacial score (nSPS) is 9.92. The number of carbonyl (C=O) groups excluding carboxylic acids is 3. The number of carbonyl (C=O) groups is 3. The molecule has 0 saturated heterocycles. The van der Waals surface area contributed by atoms with E-state index in [1.165, 1.54) is 0 Å². The summed E-state index contributed by atoms with van der Waals surface area (Å²) in [6.07, 6.45) is 0. The van der Waals surface area contributed by atoms with Crippen LogP contribution < -0.4 is 10.6 Å². The zero-order valence-electron chi connectivity index (χ0n) is 13.5. The van der Waals surface area contributed by atoms with Crippen molar-refractivity contribution in [3.8, 4) is 0 Å². The predicted octanol–water partition coefficient (Wildman–Crippen LogP) is 2.15. The van der Waals surface area contributed by atoms with E-state index in [1.54, 1.807) is 55.6 Å². The Morgan fingerprint density at radius 3 is 2.08 bits per heavy atom. The molecule has 0 spiro atoms. The summed E-state index contributed by atoms with van der Waals surface area (Å²) in [5.41, 5.74) is 2.42. The summed E-state index contributed by atoms with van der Waals surface area (Å²) < 4.78 is 4.97. The zero-order chi connectivity index (χ0) is 17.5. The molecule has 0 atom stereocenters. The van der Waals surface area contributed by atoms with Crippen LogP contribution in [0.5, 0.6) is 0 Å². The molecular formula is C18H18N2O4. The van der Waals surface area contributed by atoms with Crippen LogP contribution in [-0.2, 0) is 9.53 Å². The highest BCUT2D eigenvalue weighted by Crippen LogP contribution is 2.10. The lowest BCUT2D eigenvalue weighted by molar-refractivity contribution is -0.119. The van der Waals surface area contributed by atoms with Crippen molar-refractivity contribution >= 4 is 23.5 Å². The molecule has 0 saturated carbocycles. The van der Waals surface area contributed by atoms with Gasteiger partial charge in [-0.3, -0.25) is 9.59 Å². The fourth-order valence-electron chi connectivity index (χ4n) is 1.95. The Labute approximate surface area is 139 Å². The summed E-state index contributed by atoms with van der Waals surface area (Å²) in [6, 6.07) is 13.3. The first-order valence-electron chi connectivity index (χ1n) is 7.35. The molecule has 0 aliphatic carbocycles. The van der Waals surface area contributed by atoms with Crippen molar-refractivity contribution < 1.29 is 19.1 Å². The molecule has 0 aliphatic rings. The molecule has 6 nitrogen and oxygen atoms in total. The molecule has 0 unspecified atom stereocenters. The van der Waals surface area contributed by atoms with Crippen LogP contribution >= 0.6 is 0 Å². The van der Waals surface area contributed by atoms with E-state index in [9.17, 15) is 14.4 Å². The van der Waals surface area contributed by atoms with E-state index in [1.807, 2.05) is 6.92 Å². The van der Waals surface area contributed by atoms with Crippen molar-refractivity contribution in [3.63, 3.8) is 0 Å². The van der Waals surface area contributed by atoms with Gasteiger partial charge in [0.15, 0.2) is 6.61 Å². The average Bonchev–Trinajstić information content (AvgIpc) is 2.60. The van der Waals surface area contributed by atoms with Gasteiger partial charge < -0.3 is 15.4 Å². The van der Waals surface area contributed by atoms with Gasteiger partial charge in [0, 0.05) is 18.3 Å². The van der Waals surface area contributed by atoms with E-state index in [-0.39, 0.29) is 12.5 Å². The summed E-state index contributed by atoms with van der Waals surface area (Å²) in [6.45, 7) is 1.53. The Morgan fingerprint density at radius 2 is 1.50 bits per heavy atom. The zero-order valence-corrected chi connectivity index (χ0v) is 13.5. The number of anilines is 1. The second-order valence-electron chi connectivity index (χ2n) is 5.15. The van der Waals surface area contributed by atoms with Crippen molar-refractivity contribution in [1.82, 2.24) is 5.32 Å². The van der Waals surface area contributed by atoms with E-state index in [4.69, 9.17) is 4.74 Å². The van der Waals surface area contributed by atoms with Gasteiger partial charge >= 0.3 is 5.97 Å². The number of esters is 1. The Balaban J connectivity index is 1.85. The van der Waals surface area contributed by atoms with E-state index in [0.29, 0.717) is 16.8 Å². The third-order valence-electron chi connectivity index (χ3n) is 3.28. The van der Waals surface area contributed by atoms with Crippen LogP contribution in [0.3, 0.4) is 0 Å². The fraction of sp³-hybridized carbons (Fsp3) is 0.167. The van der Waals surface area contributed by atoms with Crippen molar-refractivity contribution in [2.75, 3.05) is 19.0 Å². The van der Waals surface area contributed by atoms with E-state index >= 15 is 0 Å². The highest BCUT2D eigenvalue weighted by molar-refractivity contribution is 5.97. The molecule has 2 aromatic carbocycles. The smallest absolute Gasteiger partial charge is 0.338 e. The SMILES string of the molecule is CNC(=O)c1ccc(NC(=O)COC(=O)c2ccc(C)cc2)cc1. The highest BCUT2D eigenvalue weighted by atomic mass is 16.5. The number of amides is 2. The van der Waals surface area contributed by atoms with E-state index in [2.05, 4.69) is 10.6 Å². The maximum Gasteiger partial charge on any atom is 0.338 e. The molecule has 2 rings (SSSR count). The quantitative estimate of drug-likeness (QED) is 0.825. The summed E-state index contributed by atoms with van der Waals surface area (Å²) in [7, 11) is 1.54. The lowest BCUT2D eigenvalue weighted by Crippen LogP contribution is -2.21. The van der Waals surface area contributed by atoms with Gasteiger partial charge in [-0.2, -0.15) is 0 Å². The van der Waals surface area contributed by atoms with Crippen LogP contribution in [0.25, 0.3) is 0 Å². The third kappa shape index (κ3) is 4.67. The van der Waals surface area contributed by atoms with Crippen LogP contribution in [-0.4, -0.2) is 31.4 Å². The maximum atomic E-state index is 11.8. The summed E-state index contributed by atoms with van der Waals surface area (Å²) in [5.74, 6) is -1.22. The lowest BCUT2D eigenvalue weighted by Gasteiger charge is -2.07. The van der Waals surface area contributed by atoms with Gasteiger partial charge in [0.1, 0.15) is 0 Å². The predicted molar refractivity (Wildman–Crippen MR) is 89.9 cm³/mol. The first kappa shape index (κ1) is 17.2. The van der Waals surface area contributed by atoms with Gasteiger partial charge in [-0.05, 0) is 43.3 Å². The van der Waals surface area contributed by atoms with Crippen LogP contribution in [0.15, 0.2) is 48.5 Å². The number of hydrogen-bond acceptors (Lipinski definition) is 4. The van der Waals surface area contributed by atoms with Gasteiger partial charge in [-0.25, -0.2) is 4.79 Å². The van der Waals surface area contributed by atoms with Gasteiger partial charge in [0.25, 0.3) is 11.8 Å². The first-order valence-corrected chi connectivity index (χ1v) is 7.35. The monoisotopic (exact) mass is 326 g/mol. The molecule has 124 valence electrons. The second kappa shape index (κ2) is 7.92. The number of benzene rings is 2. The Morgan fingerprint density at radius 1 is 0.917 bits per heavy atom. The van der Waals surface area contributed by atoms with E-state index in [0.717, 1.165) is 5.56 Å². The molecular weight excluding hydrogens is 308 g/mol.